The third kappa shape index (κ3) is 7.61. The van der Waals surface area contributed by atoms with Crippen LogP contribution in [-0.2, 0) is 6.42 Å². The Balaban J connectivity index is 0.00000312. The lowest BCUT2D eigenvalue weighted by atomic mass is 10.1. The molecule has 0 spiro atoms. The van der Waals surface area contributed by atoms with E-state index >= 15 is 0 Å². The van der Waals surface area contributed by atoms with Crippen LogP contribution in [0.15, 0.2) is 47.6 Å². The van der Waals surface area contributed by atoms with Gasteiger partial charge in [-0.05, 0) is 56.5 Å². The maximum atomic E-state index is 6.07. The Bertz CT molecular complexity index is 673. The number of nitrogens with zero attached hydrogens (tertiary/aromatic N) is 2. The minimum atomic E-state index is 0. The average molecular weight is 473 g/mol. The predicted molar refractivity (Wildman–Crippen MR) is 117 cm³/mol. The van der Waals surface area contributed by atoms with Crippen molar-refractivity contribution < 1.29 is 0 Å². The highest BCUT2D eigenvalue weighted by Gasteiger charge is 2.08. The van der Waals surface area contributed by atoms with Gasteiger partial charge in [-0.15, -0.1) is 24.0 Å². The summed E-state index contributed by atoms with van der Waals surface area (Å²) in [4.78, 5) is 8.97. The van der Waals surface area contributed by atoms with Crippen molar-refractivity contribution >= 4 is 41.5 Å². The van der Waals surface area contributed by atoms with Crippen LogP contribution in [0.5, 0.6) is 0 Å². The molecule has 4 nitrogen and oxygen atoms in total. The van der Waals surface area contributed by atoms with Gasteiger partial charge < -0.3 is 10.6 Å². The second-order valence-corrected chi connectivity index (χ2v) is 6.18. The van der Waals surface area contributed by atoms with Gasteiger partial charge in [-0.25, -0.2) is 0 Å². The number of nitrogens with one attached hydrogen (secondary N) is 2. The molecule has 1 atom stereocenters. The van der Waals surface area contributed by atoms with Crippen molar-refractivity contribution in [2.45, 2.75) is 33.2 Å². The second kappa shape index (κ2) is 11.3. The number of aryl methyl sites for hydroxylation is 1. The third-order valence-electron chi connectivity index (χ3n) is 3.69. The van der Waals surface area contributed by atoms with Gasteiger partial charge in [-0.2, -0.15) is 0 Å². The Morgan fingerprint density at radius 2 is 2.08 bits per heavy atom. The van der Waals surface area contributed by atoms with Crippen LogP contribution in [0.1, 0.15) is 36.7 Å². The maximum Gasteiger partial charge on any atom is 0.191 e. The molecule has 6 heteroatoms. The molecule has 1 aromatic heterocycles. The van der Waals surface area contributed by atoms with E-state index in [1.165, 1.54) is 5.56 Å². The molecule has 2 aromatic rings. The van der Waals surface area contributed by atoms with E-state index < -0.39 is 0 Å². The number of guanidine groups is 1. The normalized spacial score (nSPS) is 12.2. The standard InChI is InChI=1S/C19H25ClN4.HI/c1-4-21-19(22-11-10-16-9-8-14(2)23-13-16)24-15(3)17-6-5-7-18(20)12-17;/h5-9,12-13,15H,4,10-11H2,1-3H3,(H2,21,22,24);1H. The number of aromatic nitrogens is 1. The van der Waals surface area contributed by atoms with Crippen LogP contribution < -0.4 is 10.6 Å². The molecule has 2 N–H and O–H groups in total. The lowest BCUT2D eigenvalue weighted by molar-refractivity contribution is 0.686. The molecule has 0 saturated carbocycles. The largest absolute Gasteiger partial charge is 0.357 e. The van der Waals surface area contributed by atoms with E-state index in [0.717, 1.165) is 35.2 Å². The Kier molecular flexibility index (Phi) is 9.82. The zero-order chi connectivity index (χ0) is 17.4. The van der Waals surface area contributed by atoms with Crippen molar-refractivity contribution in [2.24, 2.45) is 4.99 Å². The summed E-state index contributed by atoms with van der Waals surface area (Å²) >= 11 is 6.07. The zero-order valence-electron chi connectivity index (χ0n) is 14.9. The SMILES string of the molecule is CCNC(=NCCc1ccc(C)nc1)NC(C)c1cccc(Cl)c1.I. The van der Waals surface area contributed by atoms with E-state index in [2.05, 4.69) is 46.6 Å². The number of benzene rings is 1. The maximum absolute atomic E-state index is 6.07. The molecule has 0 amide bonds. The second-order valence-electron chi connectivity index (χ2n) is 5.74. The summed E-state index contributed by atoms with van der Waals surface area (Å²) in [7, 11) is 0. The summed E-state index contributed by atoms with van der Waals surface area (Å²) in [5.41, 5.74) is 3.37. The first-order valence-corrected chi connectivity index (χ1v) is 8.68. The van der Waals surface area contributed by atoms with Crippen LogP contribution in [0.2, 0.25) is 5.02 Å². The van der Waals surface area contributed by atoms with Crippen LogP contribution in [0, 0.1) is 6.92 Å². The number of rotatable bonds is 6. The molecule has 0 aliphatic carbocycles. The van der Waals surface area contributed by atoms with Crippen molar-refractivity contribution in [1.82, 2.24) is 15.6 Å². The molecular weight excluding hydrogens is 447 g/mol. The minimum absolute atomic E-state index is 0. The lowest BCUT2D eigenvalue weighted by Crippen LogP contribution is -2.38. The van der Waals surface area contributed by atoms with Crippen LogP contribution >= 0.6 is 35.6 Å². The summed E-state index contributed by atoms with van der Waals surface area (Å²) in [6.07, 6.45) is 2.79. The van der Waals surface area contributed by atoms with Crippen molar-refractivity contribution in [3.05, 3.63) is 64.4 Å². The molecule has 0 aliphatic rings. The van der Waals surface area contributed by atoms with Gasteiger partial charge in [0.1, 0.15) is 0 Å². The zero-order valence-corrected chi connectivity index (χ0v) is 18.0. The van der Waals surface area contributed by atoms with E-state index in [0.29, 0.717) is 6.54 Å². The molecule has 136 valence electrons. The number of aliphatic imine (C=N–C) groups is 1. The van der Waals surface area contributed by atoms with Crippen LogP contribution in [-0.4, -0.2) is 24.0 Å². The Hall–Kier alpha value is -1.34. The topological polar surface area (TPSA) is 49.3 Å². The summed E-state index contributed by atoms with van der Waals surface area (Å²) < 4.78 is 0. The van der Waals surface area contributed by atoms with E-state index in [4.69, 9.17) is 11.6 Å². The molecule has 0 radical (unpaired) electrons. The van der Waals surface area contributed by atoms with Gasteiger partial charge >= 0.3 is 0 Å². The first kappa shape index (κ1) is 21.7. The fraction of sp³-hybridized carbons (Fsp3) is 0.368. The molecule has 25 heavy (non-hydrogen) atoms. The average Bonchev–Trinajstić information content (AvgIpc) is 2.57. The highest BCUT2D eigenvalue weighted by molar-refractivity contribution is 14.0. The van der Waals surface area contributed by atoms with Gasteiger partial charge in [0, 0.05) is 30.0 Å². The number of pyridine rings is 1. The first-order valence-electron chi connectivity index (χ1n) is 8.30. The summed E-state index contributed by atoms with van der Waals surface area (Å²) in [6.45, 7) is 7.68. The Morgan fingerprint density at radius 1 is 1.28 bits per heavy atom. The van der Waals surface area contributed by atoms with Crippen LogP contribution in [0.25, 0.3) is 0 Å². The van der Waals surface area contributed by atoms with Crippen molar-refractivity contribution in [1.29, 1.82) is 0 Å². The molecule has 1 unspecified atom stereocenters. The smallest absolute Gasteiger partial charge is 0.191 e. The lowest BCUT2D eigenvalue weighted by Gasteiger charge is -2.18. The van der Waals surface area contributed by atoms with Gasteiger partial charge in [-0.3, -0.25) is 9.98 Å². The fourth-order valence-corrected chi connectivity index (χ4v) is 2.53. The van der Waals surface area contributed by atoms with E-state index in [-0.39, 0.29) is 30.0 Å². The quantitative estimate of drug-likeness (QED) is 0.369. The number of hydrogen-bond donors (Lipinski definition) is 2. The molecule has 0 fully saturated rings. The number of halogens is 2. The molecule has 0 saturated heterocycles. The summed E-state index contributed by atoms with van der Waals surface area (Å²) in [6, 6.07) is 12.1. The molecule has 1 heterocycles. The monoisotopic (exact) mass is 472 g/mol. The minimum Gasteiger partial charge on any atom is -0.357 e. The van der Waals surface area contributed by atoms with Gasteiger partial charge in [0.2, 0.25) is 0 Å². The molecule has 1 aromatic carbocycles. The van der Waals surface area contributed by atoms with E-state index in [1.807, 2.05) is 37.4 Å². The van der Waals surface area contributed by atoms with E-state index in [1.54, 1.807) is 0 Å². The van der Waals surface area contributed by atoms with Gasteiger partial charge in [0.05, 0.1) is 6.04 Å². The Labute approximate surface area is 172 Å². The molecular formula is C19H26ClIN4. The summed E-state index contributed by atoms with van der Waals surface area (Å²) in [5, 5.41) is 7.45. The highest BCUT2D eigenvalue weighted by atomic mass is 127. The molecule has 2 rings (SSSR count). The highest BCUT2D eigenvalue weighted by Crippen LogP contribution is 2.17. The van der Waals surface area contributed by atoms with Crippen molar-refractivity contribution in [3.8, 4) is 0 Å². The van der Waals surface area contributed by atoms with Crippen LogP contribution in [0.4, 0.5) is 0 Å². The van der Waals surface area contributed by atoms with Crippen molar-refractivity contribution in [3.63, 3.8) is 0 Å². The third-order valence-corrected chi connectivity index (χ3v) is 3.92. The predicted octanol–water partition coefficient (Wildman–Crippen LogP) is 4.52. The Morgan fingerprint density at radius 3 is 2.72 bits per heavy atom. The van der Waals surface area contributed by atoms with Gasteiger partial charge in [0.15, 0.2) is 5.96 Å². The fourth-order valence-electron chi connectivity index (χ4n) is 2.33. The number of hydrogen-bond acceptors (Lipinski definition) is 2. The summed E-state index contributed by atoms with van der Waals surface area (Å²) in [5.74, 6) is 0.810. The van der Waals surface area contributed by atoms with Crippen LogP contribution in [0.3, 0.4) is 0 Å². The first-order chi connectivity index (χ1) is 11.6. The van der Waals surface area contributed by atoms with E-state index in [9.17, 15) is 0 Å². The molecule has 0 bridgehead atoms. The van der Waals surface area contributed by atoms with Crippen molar-refractivity contribution in [2.75, 3.05) is 13.1 Å². The molecule has 0 aliphatic heterocycles. The van der Waals surface area contributed by atoms with Gasteiger partial charge in [0.25, 0.3) is 0 Å². The van der Waals surface area contributed by atoms with Gasteiger partial charge in [-0.1, -0.05) is 29.8 Å².